The summed E-state index contributed by atoms with van der Waals surface area (Å²) in [5.74, 6) is -0.0296. The van der Waals surface area contributed by atoms with E-state index in [1.165, 1.54) is 0 Å². The molecule has 0 aliphatic heterocycles. The predicted molar refractivity (Wildman–Crippen MR) is 59.1 cm³/mol. The van der Waals surface area contributed by atoms with Crippen LogP contribution in [0.2, 0.25) is 0 Å². The van der Waals surface area contributed by atoms with Gasteiger partial charge in [0.25, 0.3) is 5.91 Å². The van der Waals surface area contributed by atoms with Gasteiger partial charge in [0, 0.05) is 11.3 Å². The lowest BCUT2D eigenvalue weighted by molar-refractivity contribution is -0.112. The summed E-state index contributed by atoms with van der Waals surface area (Å²) < 4.78 is 0. The van der Waals surface area contributed by atoms with E-state index in [1.54, 1.807) is 0 Å². The molecule has 0 aliphatic rings. The fourth-order valence-electron chi connectivity index (χ4n) is 1.15. The second-order valence-corrected chi connectivity index (χ2v) is 3.12. The predicted octanol–water partition coefficient (Wildman–Crippen LogP) is 2.98. The summed E-state index contributed by atoms with van der Waals surface area (Å²) in [7, 11) is 0. The molecule has 1 amide bonds. The van der Waals surface area contributed by atoms with Crippen molar-refractivity contribution >= 4 is 11.6 Å². The number of carbonyl (C=O) groups excluding carboxylic acids is 1. The highest BCUT2D eigenvalue weighted by atomic mass is 16.1. The monoisotopic (exact) mass is 189 g/mol. The number of hydrogen-bond acceptors (Lipinski definition) is 1. The van der Waals surface area contributed by atoms with Crippen molar-refractivity contribution in [2.24, 2.45) is 0 Å². The van der Waals surface area contributed by atoms with Crippen LogP contribution in [0.25, 0.3) is 0 Å². The third kappa shape index (κ3) is 3.05. The first kappa shape index (κ1) is 10.5. The van der Waals surface area contributed by atoms with Crippen LogP contribution in [0.3, 0.4) is 0 Å². The topological polar surface area (TPSA) is 29.1 Å². The van der Waals surface area contributed by atoms with Crippen molar-refractivity contribution < 1.29 is 4.79 Å². The maximum absolute atomic E-state index is 11.5. The highest BCUT2D eigenvalue weighted by Gasteiger charge is 2.02. The molecule has 2 heteroatoms. The summed E-state index contributed by atoms with van der Waals surface area (Å²) in [6, 6.07) is 9.46. The van der Waals surface area contributed by atoms with E-state index < -0.39 is 0 Å². The number of para-hydroxylation sites is 1. The molecule has 0 fully saturated rings. The molecule has 0 aliphatic carbocycles. The number of hydrogen-bond donors (Lipinski definition) is 1. The smallest absolute Gasteiger partial charge is 0.250 e. The van der Waals surface area contributed by atoms with Crippen molar-refractivity contribution in [3.63, 3.8) is 0 Å². The van der Waals surface area contributed by atoms with Gasteiger partial charge in [-0.3, -0.25) is 4.79 Å². The SMILES string of the molecule is CCC=C(C)C(=O)Nc1ccccc1. The molecule has 0 unspecified atom stereocenters. The molecule has 1 aromatic rings. The Bertz CT molecular complexity index is 327. The van der Waals surface area contributed by atoms with Crippen LogP contribution < -0.4 is 5.32 Å². The highest BCUT2D eigenvalue weighted by Crippen LogP contribution is 2.07. The molecule has 0 bridgehead atoms. The summed E-state index contributed by atoms with van der Waals surface area (Å²) in [5.41, 5.74) is 1.60. The highest BCUT2D eigenvalue weighted by molar-refractivity contribution is 6.03. The van der Waals surface area contributed by atoms with Gasteiger partial charge < -0.3 is 5.32 Å². The van der Waals surface area contributed by atoms with Gasteiger partial charge in [-0.2, -0.15) is 0 Å². The summed E-state index contributed by atoms with van der Waals surface area (Å²) in [5, 5.41) is 2.82. The molecule has 0 saturated carbocycles. The van der Waals surface area contributed by atoms with E-state index in [1.807, 2.05) is 50.3 Å². The van der Waals surface area contributed by atoms with Gasteiger partial charge in [-0.25, -0.2) is 0 Å². The van der Waals surface area contributed by atoms with Crippen LogP contribution in [0.15, 0.2) is 42.0 Å². The van der Waals surface area contributed by atoms with Gasteiger partial charge in [0.15, 0.2) is 0 Å². The van der Waals surface area contributed by atoms with Crippen molar-refractivity contribution in [3.05, 3.63) is 42.0 Å². The molecule has 0 spiro atoms. The second-order valence-electron chi connectivity index (χ2n) is 3.12. The van der Waals surface area contributed by atoms with Crippen molar-refractivity contribution in [1.29, 1.82) is 0 Å². The minimum absolute atomic E-state index is 0.0296. The van der Waals surface area contributed by atoms with Crippen molar-refractivity contribution in [2.45, 2.75) is 20.3 Å². The maximum atomic E-state index is 11.5. The molecular formula is C12H15NO. The van der Waals surface area contributed by atoms with Crippen LogP contribution in [-0.4, -0.2) is 5.91 Å². The average molecular weight is 189 g/mol. The van der Waals surface area contributed by atoms with Gasteiger partial charge in [0.1, 0.15) is 0 Å². The van der Waals surface area contributed by atoms with E-state index in [2.05, 4.69) is 5.32 Å². The zero-order valence-electron chi connectivity index (χ0n) is 8.58. The maximum Gasteiger partial charge on any atom is 0.250 e. The molecule has 0 heterocycles. The number of amides is 1. The van der Waals surface area contributed by atoms with Gasteiger partial charge in [-0.05, 0) is 25.5 Å². The van der Waals surface area contributed by atoms with Crippen LogP contribution >= 0.6 is 0 Å². The van der Waals surface area contributed by atoms with E-state index in [0.717, 1.165) is 17.7 Å². The fraction of sp³-hybridized carbons (Fsp3) is 0.250. The van der Waals surface area contributed by atoms with Gasteiger partial charge in [0.05, 0.1) is 0 Å². The standard InChI is InChI=1S/C12H15NO/c1-3-7-10(2)12(14)13-11-8-5-4-6-9-11/h4-9H,3H2,1-2H3,(H,13,14). The Morgan fingerprint density at radius 2 is 2.00 bits per heavy atom. The van der Waals surface area contributed by atoms with E-state index in [4.69, 9.17) is 0 Å². The van der Waals surface area contributed by atoms with Gasteiger partial charge in [-0.1, -0.05) is 31.2 Å². The molecule has 1 aromatic carbocycles. The fourth-order valence-corrected chi connectivity index (χ4v) is 1.15. The van der Waals surface area contributed by atoms with Crippen LogP contribution in [0.5, 0.6) is 0 Å². The van der Waals surface area contributed by atoms with Crippen LogP contribution in [0, 0.1) is 0 Å². The molecule has 1 N–H and O–H groups in total. The molecule has 74 valence electrons. The van der Waals surface area contributed by atoms with E-state index in [-0.39, 0.29) is 5.91 Å². The van der Waals surface area contributed by atoms with Crippen LogP contribution in [-0.2, 0) is 4.79 Å². The Morgan fingerprint density at radius 1 is 1.36 bits per heavy atom. The average Bonchev–Trinajstić information content (AvgIpc) is 2.19. The van der Waals surface area contributed by atoms with Crippen molar-refractivity contribution in [1.82, 2.24) is 0 Å². The van der Waals surface area contributed by atoms with Crippen molar-refractivity contribution in [3.8, 4) is 0 Å². The summed E-state index contributed by atoms with van der Waals surface area (Å²) in [4.78, 5) is 11.5. The Balaban J connectivity index is 2.62. The first-order valence-electron chi connectivity index (χ1n) is 4.77. The Morgan fingerprint density at radius 3 is 2.57 bits per heavy atom. The molecule has 0 atom stereocenters. The van der Waals surface area contributed by atoms with Crippen LogP contribution in [0.4, 0.5) is 5.69 Å². The summed E-state index contributed by atoms with van der Waals surface area (Å²) >= 11 is 0. The minimum atomic E-state index is -0.0296. The first-order valence-corrected chi connectivity index (χ1v) is 4.77. The molecule has 1 rings (SSSR count). The molecular weight excluding hydrogens is 174 g/mol. The Labute approximate surface area is 84.6 Å². The quantitative estimate of drug-likeness (QED) is 0.728. The summed E-state index contributed by atoms with van der Waals surface area (Å²) in [6.45, 7) is 3.83. The number of carbonyl (C=O) groups is 1. The third-order valence-electron chi connectivity index (χ3n) is 1.90. The third-order valence-corrected chi connectivity index (χ3v) is 1.90. The van der Waals surface area contributed by atoms with E-state index in [9.17, 15) is 4.79 Å². The van der Waals surface area contributed by atoms with E-state index in [0.29, 0.717) is 0 Å². The van der Waals surface area contributed by atoms with Crippen molar-refractivity contribution in [2.75, 3.05) is 5.32 Å². The zero-order valence-corrected chi connectivity index (χ0v) is 8.58. The second kappa shape index (κ2) is 5.22. The number of nitrogens with one attached hydrogen (secondary N) is 1. The first-order chi connectivity index (χ1) is 6.74. The molecule has 0 aromatic heterocycles. The molecule has 0 radical (unpaired) electrons. The van der Waals surface area contributed by atoms with Gasteiger partial charge >= 0.3 is 0 Å². The number of anilines is 1. The molecule has 0 saturated heterocycles. The number of benzene rings is 1. The van der Waals surface area contributed by atoms with Crippen LogP contribution in [0.1, 0.15) is 20.3 Å². The van der Waals surface area contributed by atoms with Gasteiger partial charge in [0.2, 0.25) is 0 Å². The molecule has 2 nitrogen and oxygen atoms in total. The zero-order chi connectivity index (χ0) is 10.4. The molecule has 14 heavy (non-hydrogen) atoms. The largest absolute Gasteiger partial charge is 0.322 e. The van der Waals surface area contributed by atoms with E-state index >= 15 is 0 Å². The minimum Gasteiger partial charge on any atom is -0.322 e. The lowest BCUT2D eigenvalue weighted by atomic mass is 10.2. The lowest BCUT2D eigenvalue weighted by Gasteiger charge is -2.04. The number of allylic oxidation sites excluding steroid dienone is 1. The normalized spacial score (nSPS) is 11.1. The number of rotatable bonds is 3. The summed E-state index contributed by atoms with van der Waals surface area (Å²) in [6.07, 6.45) is 2.80. The lowest BCUT2D eigenvalue weighted by Crippen LogP contribution is -2.12. The Hall–Kier alpha value is -1.57. The van der Waals surface area contributed by atoms with Gasteiger partial charge in [-0.15, -0.1) is 0 Å². The Kier molecular flexibility index (Phi) is 3.92.